The molecule has 0 aromatic heterocycles. The number of hydrogen-bond donors (Lipinski definition) is 0. The first-order valence-electron chi connectivity index (χ1n) is 7.06. The van der Waals surface area contributed by atoms with Crippen molar-refractivity contribution in [3.05, 3.63) is 25.3 Å². The lowest BCUT2D eigenvalue weighted by molar-refractivity contribution is -0.139. The van der Waals surface area contributed by atoms with Gasteiger partial charge in [0, 0.05) is 12.2 Å². The van der Waals surface area contributed by atoms with Gasteiger partial charge in [-0.25, -0.2) is 9.59 Å². The highest BCUT2D eigenvalue weighted by atomic mass is 16.5. The third-order valence-corrected chi connectivity index (χ3v) is 2.13. The molecule has 0 aliphatic heterocycles. The minimum absolute atomic E-state index is 0.318. The number of carbonyl (C=O) groups is 2. The topological polar surface area (TPSA) is 52.6 Å². The largest absolute Gasteiger partial charge is 0.463 e. The molecule has 0 bridgehead atoms. The summed E-state index contributed by atoms with van der Waals surface area (Å²) in [5, 5.41) is 0. The van der Waals surface area contributed by atoms with Gasteiger partial charge in [-0.1, -0.05) is 53.2 Å². The van der Waals surface area contributed by atoms with E-state index in [4.69, 9.17) is 9.47 Å². The summed E-state index contributed by atoms with van der Waals surface area (Å²) in [4.78, 5) is 20.9. The molecule has 0 spiro atoms. The number of carbonyl (C=O) groups excluding carboxylic acids is 2. The van der Waals surface area contributed by atoms with Gasteiger partial charge in [0.05, 0.1) is 13.2 Å². The molecule has 0 aromatic rings. The Morgan fingerprint density at radius 3 is 2.00 bits per heavy atom. The second-order valence-corrected chi connectivity index (χ2v) is 4.66. The fourth-order valence-electron chi connectivity index (χ4n) is 1.07. The molecular formula is C16H28O4. The van der Waals surface area contributed by atoms with Crippen LogP contribution in [0, 0.1) is 5.92 Å². The van der Waals surface area contributed by atoms with Gasteiger partial charge in [-0.3, -0.25) is 0 Å². The second kappa shape index (κ2) is 15.5. The molecule has 0 aromatic carbocycles. The molecule has 0 unspecified atom stereocenters. The van der Waals surface area contributed by atoms with Crippen molar-refractivity contribution in [2.75, 3.05) is 13.2 Å². The minimum Gasteiger partial charge on any atom is -0.463 e. The third kappa shape index (κ3) is 18.8. The Morgan fingerprint density at radius 2 is 1.55 bits per heavy atom. The number of rotatable bonds is 9. The zero-order valence-electron chi connectivity index (χ0n) is 13.0. The predicted molar refractivity (Wildman–Crippen MR) is 81.3 cm³/mol. The fraction of sp³-hybridized carbons (Fsp3) is 0.625. The van der Waals surface area contributed by atoms with Crippen molar-refractivity contribution in [1.29, 1.82) is 0 Å². The summed E-state index contributed by atoms with van der Waals surface area (Å²) >= 11 is 0. The first-order chi connectivity index (χ1) is 9.47. The predicted octanol–water partition coefficient (Wildman–Crippen LogP) is 3.67. The van der Waals surface area contributed by atoms with Gasteiger partial charge < -0.3 is 9.47 Å². The highest BCUT2D eigenvalue weighted by Gasteiger charge is 1.96. The summed E-state index contributed by atoms with van der Waals surface area (Å²) in [6.07, 6.45) is 6.89. The van der Waals surface area contributed by atoms with Gasteiger partial charge in [-0.2, -0.15) is 0 Å². The highest BCUT2D eigenvalue weighted by Crippen LogP contribution is 1.98. The van der Waals surface area contributed by atoms with Crippen molar-refractivity contribution < 1.29 is 19.1 Å². The molecule has 20 heavy (non-hydrogen) atoms. The molecule has 0 radical (unpaired) electrons. The van der Waals surface area contributed by atoms with Crippen molar-refractivity contribution in [3.63, 3.8) is 0 Å². The molecule has 0 aliphatic rings. The monoisotopic (exact) mass is 284 g/mol. The van der Waals surface area contributed by atoms with E-state index in [2.05, 4.69) is 20.1 Å². The molecule has 0 amide bonds. The summed E-state index contributed by atoms with van der Waals surface area (Å²) in [6.45, 7) is 13.7. The molecule has 0 saturated carbocycles. The zero-order chi connectivity index (χ0) is 15.8. The van der Waals surface area contributed by atoms with Gasteiger partial charge >= 0.3 is 11.9 Å². The standard InChI is InChI=1S/C9H16O2.C7H12O2/c1-3-5-6-7-8-11-9(10)4-2;1-4-7(8)9-5-6(2)3/h4H,2-3,5-8H2,1H3;4,6H,1,5H2,2-3H3. The molecule has 0 rings (SSSR count). The minimum atomic E-state index is -0.344. The Hall–Kier alpha value is -1.58. The first kappa shape index (κ1) is 20.7. The molecule has 0 heterocycles. The maximum absolute atomic E-state index is 10.5. The van der Waals surface area contributed by atoms with E-state index in [0.29, 0.717) is 19.1 Å². The van der Waals surface area contributed by atoms with E-state index >= 15 is 0 Å². The summed E-state index contributed by atoms with van der Waals surface area (Å²) < 4.78 is 9.48. The highest BCUT2D eigenvalue weighted by molar-refractivity contribution is 5.81. The van der Waals surface area contributed by atoms with Gasteiger partial charge in [0.1, 0.15) is 0 Å². The van der Waals surface area contributed by atoms with Gasteiger partial charge in [-0.15, -0.1) is 0 Å². The Balaban J connectivity index is 0. The average molecular weight is 284 g/mol. The van der Waals surface area contributed by atoms with Crippen molar-refractivity contribution in [2.24, 2.45) is 5.92 Å². The van der Waals surface area contributed by atoms with Crippen molar-refractivity contribution in [1.82, 2.24) is 0 Å². The van der Waals surface area contributed by atoms with Crippen LogP contribution in [-0.2, 0) is 19.1 Å². The average Bonchev–Trinajstić information content (AvgIpc) is 2.44. The van der Waals surface area contributed by atoms with E-state index in [-0.39, 0.29) is 11.9 Å². The Kier molecular flexibility index (Phi) is 16.0. The summed E-state index contributed by atoms with van der Waals surface area (Å²) in [7, 11) is 0. The van der Waals surface area contributed by atoms with E-state index in [1.807, 2.05) is 13.8 Å². The van der Waals surface area contributed by atoms with Crippen molar-refractivity contribution in [3.8, 4) is 0 Å². The number of ether oxygens (including phenoxy) is 2. The molecule has 0 fully saturated rings. The van der Waals surface area contributed by atoms with E-state index in [9.17, 15) is 9.59 Å². The van der Waals surface area contributed by atoms with Crippen LogP contribution in [0.1, 0.15) is 46.5 Å². The Morgan fingerprint density at radius 1 is 1.00 bits per heavy atom. The zero-order valence-corrected chi connectivity index (χ0v) is 13.0. The van der Waals surface area contributed by atoms with Crippen molar-refractivity contribution >= 4 is 11.9 Å². The van der Waals surface area contributed by atoms with Gasteiger partial charge in [0.15, 0.2) is 0 Å². The lowest BCUT2D eigenvalue weighted by atomic mass is 10.2. The molecule has 4 nitrogen and oxygen atoms in total. The lowest BCUT2D eigenvalue weighted by Gasteiger charge is -2.02. The van der Waals surface area contributed by atoms with Gasteiger partial charge in [0.2, 0.25) is 0 Å². The number of unbranched alkanes of at least 4 members (excludes halogenated alkanes) is 3. The lowest BCUT2D eigenvalue weighted by Crippen LogP contribution is -2.06. The van der Waals surface area contributed by atoms with Crippen molar-refractivity contribution in [2.45, 2.75) is 46.5 Å². The number of hydrogen-bond acceptors (Lipinski definition) is 4. The molecule has 0 aliphatic carbocycles. The van der Waals surface area contributed by atoms with E-state index in [0.717, 1.165) is 12.8 Å². The molecule has 0 atom stereocenters. The van der Waals surface area contributed by atoms with Gasteiger partial charge in [0.25, 0.3) is 0 Å². The SMILES string of the molecule is C=CC(=O)OCC(C)C.C=CC(=O)OCCCCCC. The van der Waals surface area contributed by atoms with E-state index in [1.165, 1.54) is 25.0 Å². The quantitative estimate of drug-likeness (QED) is 0.368. The summed E-state index contributed by atoms with van der Waals surface area (Å²) in [5.41, 5.74) is 0. The molecule has 4 heteroatoms. The third-order valence-electron chi connectivity index (χ3n) is 2.13. The molecular weight excluding hydrogens is 256 g/mol. The van der Waals surface area contributed by atoms with Crippen LogP contribution < -0.4 is 0 Å². The fourth-order valence-corrected chi connectivity index (χ4v) is 1.07. The summed E-state index contributed by atoms with van der Waals surface area (Å²) in [6, 6.07) is 0. The molecule has 116 valence electrons. The van der Waals surface area contributed by atoms with E-state index < -0.39 is 0 Å². The van der Waals surface area contributed by atoms with Crippen LogP contribution in [-0.4, -0.2) is 25.2 Å². The summed E-state index contributed by atoms with van der Waals surface area (Å²) in [5.74, 6) is -0.265. The van der Waals surface area contributed by atoms with Crippen LogP contribution in [0.3, 0.4) is 0 Å². The maximum Gasteiger partial charge on any atom is 0.330 e. The smallest absolute Gasteiger partial charge is 0.330 e. The maximum atomic E-state index is 10.5. The van der Waals surface area contributed by atoms with Crippen LogP contribution >= 0.6 is 0 Å². The Labute approximate surface area is 122 Å². The van der Waals surface area contributed by atoms with E-state index in [1.54, 1.807) is 0 Å². The van der Waals surface area contributed by atoms with Crippen LogP contribution in [0.5, 0.6) is 0 Å². The Bertz CT molecular complexity index is 282. The first-order valence-corrected chi connectivity index (χ1v) is 7.06. The van der Waals surface area contributed by atoms with Crippen LogP contribution in [0.2, 0.25) is 0 Å². The second-order valence-electron chi connectivity index (χ2n) is 4.66. The van der Waals surface area contributed by atoms with Crippen LogP contribution in [0.4, 0.5) is 0 Å². The van der Waals surface area contributed by atoms with Crippen LogP contribution in [0.15, 0.2) is 25.3 Å². The normalized spacial score (nSPS) is 9.20. The number of esters is 2. The molecule has 0 N–H and O–H groups in total. The van der Waals surface area contributed by atoms with Gasteiger partial charge in [-0.05, 0) is 12.3 Å². The van der Waals surface area contributed by atoms with Crippen LogP contribution in [0.25, 0.3) is 0 Å². The molecule has 0 saturated heterocycles.